The number of fused-ring (bicyclic) bond motifs is 1. The predicted octanol–water partition coefficient (Wildman–Crippen LogP) is 6.35. The van der Waals surface area contributed by atoms with Crippen LogP contribution in [0.5, 0.6) is 0 Å². The molecule has 0 bridgehead atoms. The minimum Gasteiger partial charge on any atom is -0.346 e. The van der Waals surface area contributed by atoms with Gasteiger partial charge in [-0.05, 0) is 79.1 Å². The average Bonchev–Trinajstić information content (AvgIpc) is 2.78. The van der Waals surface area contributed by atoms with Crippen LogP contribution in [0.15, 0.2) is 77.7 Å². The lowest BCUT2D eigenvalue weighted by atomic mass is 9.89. The van der Waals surface area contributed by atoms with E-state index in [0.717, 1.165) is 12.2 Å². The molecule has 0 saturated heterocycles. The largest absolute Gasteiger partial charge is 0.346 e. The van der Waals surface area contributed by atoms with Crippen molar-refractivity contribution in [2.75, 3.05) is 0 Å². The molecule has 29 heavy (non-hydrogen) atoms. The zero-order valence-electron chi connectivity index (χ0n) is 16.9. The number of benzene rings is 3. The maximum atomic E-state index is 12.7. The van der Waals surface area contributed by atoms with E-state index in [1.165, 1.54) is 46.4 Å². The van der Waals surface area contributed by atoms with E-state index in [4.69, 9.17) is 0 Å². The van der Waals surface area contributed by atoms with Crippen molar-refractivity contribution in [3.8, 4) is 0 Å². The highest BCUT2D eigenvalue weighted by Gasteiger charge is 2.15. The third-order valence-electron chi connectivity index (χ3n) is 5.58. The molecule has 3 aromatic rings. The van der Waals surface area contributed by atoms with Crippen LogP contribution in [0.25, 0.3) is 0 Å². The smallest absolute Gasteiger partial charge is 0.251 e. The Bertz CT molecular complexity index is 966. The number of thioether (sulfide) groups is 1. The molecule has 0 radical (unpaired) electrons. The molecule has 1 unspecified atom stereocenters. The number of nitrogens with one attached hydrogen (secondary N) is 1. The first-order valence-corrected chi connectivity index (χ1v) is 11.4. The van der Waals surface area contributed by atoms with Gasteiger partial charge in [0.1, 0.15) is 0 Å². The van der Waals surface area contributed by atoms with Crippen molar-refractivity contribution >= 4 is 17.7 Å². The van der Waals surface area contributed by atoms with Crippen LogP contribution in [0.2, 0.25) is 0 Å². The van der Waals surface area contributed by atoms with Gasteiger partial charge in [-0.3, -0.25) is 4.79 Å². The number of hydrogen-bond donors (Lipinski definition) is 1. The Morgan fingerprint density at radius 1 is 0.931 bits per heavy atom. The zero-order chi connectivity index (χ0) is 20.1. The molecular formula is C26H27NOS. The van der Waals surface area contributed by atoms with Crippen LogP contribution >= 0.6 is 11.8 Å². The van der Waals surface area contributed by atoms with Gasteiger partial charge in [0.15, 0.2) is 0 Å². The maximum Gasteiger partial charge on any atom is 0.251 e. The van der Waals surface area contributed by atoms with Crippen molar-refractivity contribution in [1.82, 2.24) is 5.32 Å². The highest BCUT2D eigenvalue weighted by Crippen LogP contribution is 2.25. The van der Waals surface area contributed by atoms with E-state index in [1.807, 2.05) is 18.2 Å². The molecule has 148 valence electrons. The van der Waals surface area contributed by atoms with Crippen molar-refractivity contribution in [1.29, 1.82) is 0 Å². The van der Waals surface area contributed by atoms with Crippen LogP contribution in [0.1, 0.15) is 58.4 Å². The Kier molecular flexibility index (Phi) is 6.36. The van der Waals surface area contributed by atoms with E-state index in [2.05, 4.69) is 66.8 Å². The number of carbonyl (C=O) groups is 1. The topological polar surface area (TPSA) is 29.1 Å². The summed E-state index contributed by atoms with van der Waals surface area (Å²) in [6.07, 6.45) is 4.90. The molecule has 0 aromatic heterocycles. The number of hydrogen-bond acceptors (Lipinski definition) is 2. The third kappa shape index (κ3) is 5.10. The van der Waals surface area contributed by atoms with Crippen LogP contribution in [-0.4, -0.2) is 5.91 Å². The number of carbonyl (C=O) groups excluding carboxylic acids is 1. The van der Waals surface area contributed by atoms with Gasteiger partial charge in [0.25, 0.3) is 5.91 Å². The van der Waals surface area contributed by atoms with Crippen molar-refractivity contribution in [3.63, 3.8) is 0 Å². The van der Waals surface area contributed by atoms with Gasteiger partial charge < -0.3 is 5.32 Å². The van der Waals surface area contributed by atoms with E-state index in [0.29, 0.717) is 5.56 Å². The second-order valence-corrected chi connectivity index (χ2v) is 8.78. The van der Waals surface area contributed by atoms with Gasteiger partial charge >= 0.3 is 0 Å². The normalized spacial score (nSPS) is 14.1. The average molecular weight is 402 g/mol. The molecule has 0 aliphatic heterocycles. The van der Waals surface area contributed by atoms with Gasteiger partial charge in [-0.25, -0.2) is 0 Å². The summed E-state index contributed by atoms with van der Waals surface area (Å²) in [4.78, 5) is 13.9. The molecule has 0 fully saturated rings. The molecular weight excluding hydrogens is 374 g/mol. The van der Waals surface area contributed by atoms with Crippen molar-refractivity contribution in [3.05, 3.63) is 101 Å². The molecule has 1 aliphatic rings. The van der Waals surface area contributed by atoms with Crippen LogP contribution < -0.4 is 5.32 Å². The molecule has 0 saturated carbocycles. The second-order valence-electron chi connectivity index (χ2n) is 7.73. The SMILES string of the molecule is CC(NC(=O)c1ccc(CSc2ccccc2)cc1)c1ccc2c(c1)CCCC2. The van der Waals surface area contributed by atoms with Crippen molar-refractivity contribution in [2.45, 2.75) is 49.3 Å². The molecule has 1 atom stereocenters. The van der Waals surface area contributed by atoms with E-state index in [1.54, 1.807) is 11.8 Å². The summed E-state index contributed by atoms with van der Waals surface area (Å²) in [6, 6.07) is 25.0. The van der Waals surface area contributed by atoms with Gasteiger partial charge in [0.2, 0.25) is 0 Å². The van der Waals surface area contributed by atoms with Gasteiger partial charge in [-0.15, -0.1) is 11.8 Å². The lowest BCUT2D eigenvalue weighted by Crippen LogP contribution is -2.26. The molecule has 1 aliphatic carbocycles. The summed E-state index contributed by atoms with van der Waals surface area (Å²) in [6.45, 7) is 2.06. The Morgan fingerprint density at radius 2 is 1.66 bits per heavy atom. The Morgan fingerprint density at radius 3 is 2.41 bits per heavy atom. The molecule has 0 heterocycles. The van der Waals surface area contributed by atoms with E-state index >= 15 is 0 Å². The van der Waals surface area contributed by atoms with E-state index in [-0.39, 0.29) is 11.9 Å². The third-order valence-corrected chi connectivity index (χ3v) is 6.67. The quantitative estimate of drug-likeness (QED) is 0.488. The van der Waals surface area contributed by atoms with Gasteiger partial charge in [0.05, 0.1) is 6.04 Å². The molecule has 3 heteroatoms. The fourth-order valence-corrected chi connectivity index (χ4v) is 4.70. The molecule has 0 spiro atoms. The Balaban J connectivity index is 1.35. The molecule has 4 rings (SSSR count). The van der Waals surface area contributed by atoms with Gasteiger partial charge in [-0.1, -0.05) is 48.5 Å². The Labute approximate surface area is 177 Å². The van der Waals surface area contributed by atoms with E-state index < -0.39 is 0 Å². The standard InChI is InChI=1S/C26H27NOS/c1-19(23-16-15-21-7-5-6-8-24(21)17-23)27-26(28)22-13-11-20(12-14-22)18-29-25-9-3-2-4-10-25/h2-4,9-17,19H,5-8,18H2,1H3,(H,27,28). The van der Waals surface area contributed by atoms with Crippen LogP contribution in [-0.2, 0) is 18.6 Å². The summed E-state index contributed by atoms with van der Waals surface area (Å²) in [5, 5.41) is 3.15. The molecule has 1 amide bonds. The summed E-state index contributed by atoms with van der Waals surface area (Å²) in [7, 11) is 0. The summed E-state index contributed by atoms with van der Waals surface area (Å²) in [5.74, 6) is 0.884. The fourth-order valence-electron chi connectivity index (χ4n) is 3.82. The second kappa shape index (κ2) is 9.32. The van der Waals surface area contributed by atoms with Crippen LogP contribution in [0, 0.1) is 0 Å². The molecule has 2 nitrogen and oxygen atoms in total. The summed E-state index contributed by atoms with van der Waals surface area (Å²) in [5.41, 5.74) is 6.05. The number of aryl methyl sites for hydroxylation is 2. The highest BCUT2D eigenvalue weighted by molar-refractivity contribution is 7.98. The monoisotopic (exact) mass is 401 g/mol. The van der Waals surface area contributed by atoms with Gasteiger partial charge in [-0.2, -0.15) is 0 Å². The predicted molar refractivity (Wildman–Crippen MR) is 121 cm³/mol. The van der Waals surface area contributed by atoms with E-state index in [9.17, 15) is 4.79 Å². The van der Waals surface area contributed by atoms with Crippen molar-refractivity contribution in [2.24, 2.45) is 0 Å². The first-order valence-electron chi connectivity index (χ1n) is 10.4. The Hall–Kier alpha value is -2.52. The molecule has 1 N–H and O–H groups in total. The summed E-state index contributed by atoms with van der Waals surface area (Å²) >= 11 is 1.81. The fraction of sp³-hybridized carbons (Fsp3) is 0.269. The minimum atomic E-state index is -0.0162. The number of rotatable bonds is 6. The highest BCUT2D eigenvalue weighted by atomic mass is 32.2. The minimum absolute atomic E-state index is 0.00281. The number of amides is 1. The van der Waals surface area contributed by atoms with Crippen LogP contribution in [0.3, 0.4) is 0 Å². The first kappa shape index (κ1) is 19.8. The van der Waals surface area contributed by atoms with Gasteiger partial charge in [0, 0.05) is 16.2 Å². The summed E-state index contributed by atoms with van der Waals surface area (Å²) < 4.78 is 0. The maximum absolute atomic E-state index is 12.7. The lowest BCUT2D eigenvalue weighted by Gasteiger charge is -2.20. The lowest BCUT2D eigenvalue weighted by molar-refractivity contribution is 0.0940. The van der Waals surface area contributed by atoms with Crippen molar-refractivity contribution < 1.29 is 4.79 Å². The van der Waals surface area contributed by atoms with Crippen LogP contribution in [0.4, 0.5) is 0 Å². The zero-order valence-corrected chi connectivity index (χ0v) is 17.7. The molecule has 3 aromatic carbocycles. The first-order chi connectivity index (χ1) is 14.2.